The average Bonchev–Trinajstić information content (AvgIpc) is 2.56. The molecule has 0 saturated heterocycles. The Morgan fingerprint density at radius 1 is 0.870 bits per heavy atom. The number of ketones is 1. The van der Waals surface area contributed by atoms with Crippen LogP contribution >= 0.6 is 0 Å². The van der Waals surface area contributed by atoms with E-state index in [4.69, 9.17) is 4.74 Å². The van der Waals surface area contributed by atoms with E-state index < -0.39 is 0 Å². The van der Waals surface area contributed by atoms with Crippen molar-refractivity contribution in [2.75, 3.05) is 7.11 Å². The second kappa shape index (κ2) is 8.28. The quantitative estimate of drug-likeness (QED) is 0.736. The molecule has 0 bridgehead atoms. The molecule has 0 unspecified atom stereocenters. The minimum atomic E-state index is -0.202. The number of Topliss-reactive ketones (excluding diaryl/α,β-unsaturated/α-hetero) is 1. The van der Waals surface area contributed by atoms with Gasteiger partial charge in [0.25, 0.3) is 0 Å². The molecule has 0 aliphatic heterocycles. The maximum absolute atomic E-state index is 12.1. The third-order valence-electron chi connectivity index (χ3n) is 3.81. The standard InChI is InChI=1S/C20H22O3/c1-15(20(22)23-2)12-17-8-10-18(11-9-17)14-19(21)13-16-6-4-3-5-7-16/h3-11,15H,12-14H2,1-2H3/t15-/m1/s1. The van der Waals surface area contributed by atoms with Crippen LogP contribution in [-0.2, 0) is 33.6 Å². The monoisotopic (exact) mass is 310 g/mol. The number of esters is 1. The highest BCUT2D eigenvalue weighted by atomic mass is 16.5. The van der Waals surface area contributed by atoms with Crippen LogP contribution in [0.25, 0.3) is 0 Å². The van der Waals surface area contributed by atoms with Crippen molar-refractivity contribution >= 4 is 11.8 Å². The second-order valence-electron chi connectivity index (χ2n) is 5.82. The van der Waals surface area contributed by atoms with Crippen molar-refractivity contribution in [3.8, 4) is 0 Å². The average molecular weight is 310 g/mol. The summed E-state index contributed by atoms with van der Waals surface area (Å²) in [5.41, 5.74) is 3.11. The minimum absolute atomic E-state index is 0.162. The number of benzene rings is 2. The first-order chi connectivity index (χ1) is 11.1. The van der Waals surface area contributed by atoms with Gasteiger partial charge in [-0.05, 0) is 23.1 Å². The van der Waals surface area contributed by atoms with Gasteiger partial charge in [-0.3, -0.25) is 9.59 Å². The molecule has 0 aliphatic rings. The molecule has 2 aromatic rings. The van der Waals surface area contributed by atoms with Crippen LogP contribution in [0.3, 0.4) is 0 Å². The number of rotatable bonds is 7. The van der Waals surface area contributed by atoms with Crippen molar-refractivity contribution in [1.82, 2.24) is 0 Å². The topological polar surface area (TPSA) is 43.4 Å². The first-order valence-corrected chi connectivity index (χ1v) is 7.79. The summed E-state index contributed by atoms with van der Waals surface area (Å²) >= 11 is 0. The van der Waals surface area contributed by atoms with Crippen molar-refractivity contribution in [2.24, 2.45) is 5.92 Å². The van der Waals surface area contributed by atoms with Crippen LogP contribution in [-0.4, -0.2) is 18.9 Å². The molecule has 0 radical (unpaired) electrons. The van der Waals surface area contributed by atoms with Crippen molar-refractivity contribution in [3.63, 3.8) is 0 Å². The molecule has 3 heteroatoms. The Morgan fingerprint density at radius 2 is 1.39 bits per heavy atom. The molecule has 0 aliphatic carbocycles. The Kier molecular flexibility index (Phi) is 6.10. The third kappa shape index (κ3) is 5.37. The normalized spacial score (nSPS) is 11.7. The summed E-state index contributed by atoms with van der Waals surface area (Å²) in [6, 6.07) is 17.6. The van der Waals surface area contributed by atoms with E-state index in [0.717, 1.165) is 16.7 Å². The summed E-state index contributed by atoms with van der Waals surface area (Å²) in [5.74, 6) is -0.162. The molecule has 0 heterocycles. The molecule has 0 spiro atoms. The van der Waals surface area contributed by atoms with Crippen molar-refractivity contribution in [2.45, 2.75) is 26.2 Å². The highest BCUT2D eigenvalue weighted by Crippen LogP contribution is 2.13. The number of carbonyl (C=O) groups excluding carboxylic acids is 2. The van der Waals surface area contributed by atoms with Crippen molar-refractivity contribution < 1.29 is 14.3 Å². The highest BCUT2D eigenvalue weighted by Gasteiger charge is 2.13. The summed E-state index contributed by atoms with van der Waals surface area (Å²) in [7, 11) is 1.40. The van der Waals surface area contributed by atoms with Crippen molar-refractivity contribution in [3.05, 3.63) is 71.3 Å². The van der Waals surface area contributed by atoms with E-state index in [1.165, 1.54) is 7.11 Å². The molecule has 0 fully saturated rings. The molecular formula is C20H22O3. The third-order valence-corrected chi connectivity index (χ3v) is 3.81. The number of carbonyl (C=O) groups is 2. The van der Waals surface area contributed by atoms with E-state index in [0.29, 0.717) is 19.3 Å². The molecule has 2 aromatic carbocycles. The number of methoxy groups -OCH3 is 1. The summed E-state index contributed by atoms with van der Waals surface area (Å²) in [4.78, 5) is 23.5. The molecule has 0 saturated carbocycles. The highest BCUT2D eigenvalue weighted by molar-refractivity contribution is 5.83. The van der Waals surface area contributed by atoms with Gasteiger partial charge >= 0.3 is 5.97 Å². The Hall–Kier alpha value is -2.42. The predicted octanol–water partition coefficient (Wildman–Crippen LogP) is 3.39. The maximum atomic E-state index is 12.1. The van der Waals surface area contributed by atoms with E-state index in [9.17, 15) is 9.59 Å². The van der Waals surface area contributed by atoms with Gasteiger partial charge < -0.3 is 4.74 Å². The SMILES string of the molecule is COC(=O)[C@H](C)Cc1ccc(CC(=O)Cc2ccccc2)cc1. The molecule has 0 amide bonds. The molecule has 3 nitrogen and oxygen atoms in total. The molecule has 120 valence electrons. The Labute approximate surface area is 137 Å². The van der Waals surface area contributed by atoms with Gasteiger partial charge in [-0.1, -0.05) is 61.5 Å². The van der Waals surface area contributed by atoms with E-state index in [1.807, 2.05) is 61.5 Å². The fourth-order valence-corrected chi connectivity index (χ4v) is 2.54. The van der Waals surface area contributed by atoms with Gasteiger partial charge in [-0.25, -0.2) is 0 Å². The van der Waals surface area contributed by atoms with E-state index in [1.54, 1.807) is 0 Å². The lowest BCUT2D eigenvalue weighted by atomic mass is 9.98. The first-order valence-electron chi connectivity index (χ1n) is 7.79. The van der Waals surface area contributed by atoms with E-state index in [-0.39, 0.29) is 17.7 Å². The predicted molar refractivity (Wildman–Crippen MR) is 90.2 cm³/mol. The van der Waals surface area contributed by atoms with Crippen LogP contribution in [0.4, 0.5) is 0 Å². The van der Waals surface area contributed by atoms with Gasteiger partial charge in [0.1, 0.15) is 5.78 Å². The van der Waals surface area contributed by atoms with Gasteiger partial charge in [0, 0.05) is 12.8 Å². The first kappa shape index (κ1) is 16.9. The Balaban J connectivity index is 1.89. The second-order valence-corrected chi connectivity index (χ2v) is 5.82. The molecule has 0 aromatic heterocycles. The van der Waals surface area contributed by atoms with E-state index >= 15 is 0 Å². The summed E-state index contributed by atoms with van der Waals surface area (Å²) in [6.45, 7) is 1.85. The smallest absolute Gasteiger partial charge is 0.308 e. The lowest BCUT2D eigenvalue weighted by molar-refractivity contribution is -0.144. The van der Waals surface area contributed by atoms with Crippen LogP contribution in [0.15, 0.2) is 54.6 Å². The van der Waals surface area contributed by atoms with Crippen LogP contribution in [0.5, 0.6) is 0 Å². The van der Waals surface area contributed by atoms with E-state index in [2.05, 4.69) is 0 Å². The fraction of sp³-hybridized carbons (Fsp3) is 0.300. The zero-order valence-electron chi connectivity index (χ0n) is 13.6. The minimum Gasteiger partial charge on any atom is -0.469 e. The van der Waals surface area contributed by atoms with Gasteiger partial charge in [-0.15, -0.1) is 0 Å². The fourth-order valence-electron chi connectivity index (χ4n) is 2.54. The number of ether oxygens (including phenoxy) is 1. The van der Waals surface area contributed by atoms with Crippen LogP contribution in [0.2, 0.25) is 0 Å². The molecule has 1 atom stereocenters. The van der Waals surface area contributed by atoms with Crippen molar-refractivity contribution in [1.29, 1.82) is 0 Å². The zero-order chi connectivity index (χ0) is 16.7. The molecule has 0 N–H and O–H groups in total. The van der Waals surface area contributed by atoms with Gasteiger partial charge in [0.05, 0.1) is 13.0 Å². The summed E-state index contributed by atoms with van der Waals surface area (Å²) < 4.78 is 4.73. The zero-order valence-corrected chi connectivity index (χ0v) is 13.6. The van der Waals surface area contributed by atoms with Gasteiger partial charge in [-0.2, -0.15) is 0 Å². The lowest BCUT2D eigenvalue weighted by Gasteiger charge is -2.09. The number of hydrogen-bond acceptors (Lipinski definition) is 3. The van der Waals surface area contributed by atoms with Crippen LogP contribution in [0, 0.1) is 5.92 Å². The summed E-state index contributed by atoms with van der Waals surface area (Å²) in [5, 5.41) is 0. The Morgan fingerprint density at radius 3 is 1.96 bits per heavy atom. The largest absolute Gasteiger partial charge is 0.469 e. The Bertz CT molecular complexity index is 644. The molecule has 2 rings (SSSR count). The summed E-state index contributed by atoms with van der Waals surface area (Å²) in [6.07, 6.45) is 1.54. The van der Waals surface area contributed by atoms with Gasteiger partial charge in [0.2, 0.25) is 0 Å². The van der Waals surface area contributed by atoms with Gasteiger partial charge in [0.15, 0.2) is 0 Å². The van der Waals surface area contributed by atoms with Crippen LogP contribution < -0.4 is 0 Å². The van der Waals surface area contributed by atoms with Crippen LogP contribution in [0.1, 0.15) is 23.6 Å². The number of hydrogen-bond donors (Lipinski definition) is 0. The molecular weight excluding hydrogens is 288 g/mol. The molecule has 23 heavy (non-hydrogen) atoms. The lowest BCUT2D eigenvalue weighted by Crippen LogP contribution is -2.15. The maximum Gasteiger partial charge on any atom is 0.308 e.